The zero-order valence-corrected chi connectivity index (χ0v) is 22.1. The molecule has 1 atom stereocenters. The second-order valence-corrected chi connectivity index (χ2v) is 12.5. The van der Waals surface area contributed by atoms with Gasteiger partial charge in [0.25, 0.3) is 5.91 Å². The van der Waals surface area contributed by atoms with Crippen molar-refractivity contribution < 1.29 is 31.5 Å². The molecular formula is C29H29F3N2O4S. The van der Waals surface area contributed by atoms with Crippen molar-refractivity contribution in [1.29, 1.82) is 0 Å². The van der Waals surface area contributed by atoms with Crippen LogP contribution in [0.1, 0.15) is 58.4 Å². The number of sulfone groups is 1. The van der Waals surface area contributed by atoms with E-state index < -0.39 is 33.5 Å². The van der Waals surface area contributed by atoms with Gasteiger partial charge in [-0.25, -0.2) is 8.42 Å². The summed E-state index contributed by atoms with van der Waals surface area (Å²) in [6.45, 7) is 2.35. The number of hydrogen-bond acceptors (Lipinski definition) is 5. The molecule has 39 heavy (non-hydrogen) atoms. The molecule has 3 aromatic carbocycles. The summed E-state index contributed by atoms with van der Waals surface area (Å²) in [7, 11) is -3.36. The van der Waals surface area contributed by atoms with E-state index in [1.807, 2.05) is 12.1 Å². The first-order valence-corrected chi connectivity index (χ1v) is 14.4. The van der Waals surface area contributed by atoms with Gasteiger partial charge in [0, 0.05) is 29.8 Å². The van der Waals surface area contributed by atoms with Crippen LogP contribution in [0.3, 0.4) is 0 Å². The Bertz CT molecular complexity index is 1480. The SMILES string of the molecule is CCS(=O)(=O)c1ccc([C@@H](CO)NC(=O)c2ccc3c(c2)CN(c2ccc(C(F)(F)F)cc2)CC32CC2)cc1. The van der Waals surface area contributed by atoms with Crippen molar-refractivity contribution in [3.8, 4) is 0 Å². The van der Waals surface area contributed by atoms with Gasteiger partial charge in [0.05, 0.1) is 28.9 Å². The summed E-state index contributed by atoms with van der Waals surface area (Å²) in [6, 6.07) is 16.0. The van der Waals surface area contributed by atoms with Crippen LogP contribution >= 0.6 is 0 Å². The van der Waals surface area contributed by atoms with Crippen molar-refractivity contribution in [3.05, 3.63) is 94.5 Å². The quantitative estimate of drug-likeness (QED) is 0.426. The van der Waals surface area contributed by atoms with Gasteiger partial charge in [-0.1, -0.05) is 25.1 Å². The minimum atomic E-state index is -4.39. The minimum Gasteiger partial charge on any atom is -0.394 e. The Morgan fingerprint density at radius 2 is 1.72 bits per heavy atom. The summed E-state index contributed by atoms with van der Waals surface area (Å²) in [5, 5.41) is 12.8. The third kappa shape index (κ3) is 5.40. The first-order valence-electron chi connectivity index (χ1n) is 12.8. The lowest BCUT2D eigenvalue weighted by molar-refractivity contribution is -0.137. The van der Waals surface area contributed by atoms with E-state index >= 15 is 0 Å². The molecule has 3 aromatic rings. The van der Waals surface area contributed by atoms with Crippen LogP contribution in [0.25, 0.3) is 0 Å². The number of aliphatic hydroxyl groups is 1. The molecule has 0 bridgehead atoms. The molecule has 10 heteroatoms. The highest BCUT2D eigenvalue weighted by molar-refractivity contribution is 7.91. The fourth-order valence-electron chi connectivity index (χ4n) is 5.27. The number of aliphatic hydroxyl groups excluding tert-OH is 1. The van der Waals surface area contributed by atoms with Crippen molar-refractivity contribution in [2.24, 2.45) is 0 Å². The van der Waals surface area contributed by atoms with E-state index in [4.69, 9.17) is 0 Å². The second-order valence-electron chi connectivity index (χ2n) is 10.2. The molecule has 2 N–H and O–H groups in total. The molecule has 206 valence electrons. The number of carbonyl (C=O) groups is 1. The molecule has 0 radical (unpaired) electrons. The van der Waals surface area contributed by atoms with Crippen molar-refractivity contribution in [2.45, 2.75) is 48.8 Å². The van der Waals surface area contributed by atoms with E-state index in [1.165, 1.54) is 24.3 Å². The average molecular weight is 559 g/mol. The molecule has 0 saturated heterocycles. The molecule has 1 spiro atoms. The Kier molecular flexibility index (Phi) is 6.97. The van der Waals surface area contributed by atoms with Gasteiger partial charge in [-0.2, -0.15) is 13.2 Å². The number of nitrogens with one attached hydrogen (secondary N) is 1. The van der Waals surface area contributed by atoms with Crippen molar-refractivity contribution in [1.82, 2.24) is 5.32 Å². The van der Waals surface area contributed by atoms with E-state index in [2.05, 4.69) is 10.2 Å². The van der Waals surface area contributed by atoms with E-state index in [0.29, 0.717) is 29.9 Å². The number of halogens is 3. The lowest BCUT2D eigenvalue weighted by Crippen LogP contribution is -2.38. The van der Waals surface area contributed by atoms with Crippen molar-refractivity contribution >= 4 is 21.4 Å². The van der Waals surface area contributed by atoms with Crippen LogP contribution in [-0.4, -0.2) is 38.3 Å². The fraction of sp³-hybridized carbons (Fsp3) is 0.345. The zero-order valence-electron chi connectivity index (χ0n) is 21.3. The zero-order chi connectivity index (χ0) is 28.0. The fourth-order valence-corrected chi connectivity index (χ4v) is 6.15. The highest BCUT2D eigenvalue weighted by Gasteiger charge is 2.49. The third-order valence-electron chi connectivity index (χ3n) is 7.72. The Hall–Kier alpha value is -3.37. The molecule has 1 aliphatic carbocycles. The third-order valence-corrected chi connectivity index (χ3v) is 9.47. The van der Waals surface area contributed by atoms with Gasteiger partial charge >= 0.3 is 6.18 Å². The Morgan fingerprint density at radius 1 is 1.05 bits per heavy atom. The maximum Gasteiger partial charge on any atom is 0.416 e. The monoisotopic (exact) mass is 558 g/mol. The van der Waals surface area contributed by atoms with E-state index in [9.17, 15) is 31.5 Å². The predicted octanol–water partition coefficient (Wildman–Crippen LogP) is 5.01. The molecule has 1 heterocycles. The number of fused-ring (bicyclic) bond motifs is 2. The maximum absolute atomic E-state index is 13.2. The number of alkyl halides is 3. The van der Waals surface area contributed by atoms with E-state index in [0.717, 1.165) is 36.1 Å². The molecule has 1 aliphatic heterocycles. The molecular weight excluding hydrogens is 529 g/mol. The molecule has 2 aliphatic rings. The van der Waals surface area contributed by atoms with Gasteiger partial charge in [-0.3, -0.25) is 4.79 Å². The predicted molar refractivity (Wildman–Crippen MR) is 141 cm³/mol. The van der Waals surface area contributed by atoms with Crippen LogP contribution in [-0.2, 0) is 28.0 Å². The number of hydrogen-bond donors (Lipinski definition) is 2. The van der Waals surface area contributed by atoms with Crippen LogP contribution in [0.5, 0.6) is 0 Å². The summed E-state index contributed by atoms with van der Waals surface area (Å²) >= 11 is 0. The summed E-state index contributed by atoms with van der Waals surface area (Å²) < 4.78 is 63.2. The summed E-state index contributed by atoms with van der Waals surface area (Å²) in [5.41, 5.74) is 3.02. The summed E-state index contributed by atoms with van der Waals surface area (Å²) in [4.78, 5) is 15.4. The van der Waals surface area contributed by atoms with Gasteiger partial charge in [-0.05, 0) is 78.1 Å². The number of amides is 1. The largest absolute Gasteiger partial charge is 0.416 e. The summed E-state index contributed by atoms with van der Waals surface area (Å²) in [5.74, 6) is -0.416. The van der Waals surface area contributed by atoms with Crippen LogP contribution < -0.4 is 10.2 Å². The van der Waals surface area contributed by atoms with E-state index in [-0.39, 0.29) is 22.7 Å². The van der Waals surface area contributed by atoms with E-state index in [1.54, 1.807) is 25.1 Å². The first kappa shape index (κ1) is 27.2. The lowest BCUT2D eigenvalue weighted by Gasteiger charge is -2.37. The van der Waals surface area contributed by atoms with Crippen molar-refractivity contribution in [2.75, 3.05) is 23.8 Å². The van der Waals surface area contributed by atoms with Crippen molar-refractivity contribution in [3.63, 3.8) is 0 Å². The number of benzene rings is 3. The van der Waals surface area contributed by atoms with Gasteiger partial charge < -0.3 is 15.3 Å². The number of anilines is 1. The van der Waals surface area contributed by atoms with Gasteiger partial charge in [0.1, 0.15) is 0 Å². The minimum absolute atomic E-state index is 0.0254. The van der Waals surface area contributed by atoms with Gasteiger partial charge in [-0.15, -0.1) is 0 Å². The highest BCUT2D eigenvalue weighted by Crippen LogP contribution is 2.53. The molecule has 6 nitrogen and oxygen atoms in total. The Balaban J connectivity index is 1.35. The first-order chi connectivity index (χ1) is 18.5. The number of rotatable bonds is 7. The second kappa shape index (κ2) is 9.98. The smallest absolute Gasteiger partial charge is 0.394 e. The molecule has 0 aromatic heterocycles. The molecule has 0 unspecified atom stereocenters. The normalized spacial score (nSPS) is 17.0. The lowest BCUT2D eigenvalue weighted by atomic mass is 9.85. The Morgan fingerprint density at radius 3 is 2.28 bits per heavy atom. The van der Waals surface area contributed by atoms with Gasteiger partial charge in [0.2, 0.25) is 0 Å². The molecule has 1 fully saturated rings. The molecule has 1 saturated carbocycles. The van der Waals surface area contributed by atoms with Crippen LogP contribution in [0, 0.1) is 0 Å². The average Bonchev–Trinajstić information content (AvgIpc) is 3.70. The number of carbonyl (C=O) groups excluding carboxylic acids is 1. The Labute approximate surface area is 225 Å². The van der Waals surface area contributed by atoms with Crippen LogP contribution in [0.2, 0.25) is 0 Å². The van der Waals surface area contributed by atoms with Crippen LogP contribution in [0.15, 0.2) is 71.6 Å². The maximum atomic E-state index is 13.2. The standard InChI is InChI=1S/C29H29F3N2O4S/c1-2-39(37,38)24-10-3-19(4-11-24)26(17-35)33-27(36)20-5-12-25-21(15-20)16-34(18-28(25)13-14-28)23-8-6-22(7-9-23)29(30,31)32/h3-12,15,26,35H,2,13-14,16-18H2,1H3,(H,33,36)/t26-/m1/s1. The highest BCUT2D eigenvalue weighted by atomic mass is 32.2. The number of nitrogens with zero attached hydrogens (tertiary/aromatic N) is 1. The van der Waals surface area contributed by atoms with Crippen LogP contribution in [0.4, 0.5) is 18.9 Å². The van der Waals surface area contributed by atoms with Gasteiger partial charge in [0.15, 0.2) is 9.84 Å². The molecule has 5 rings (SSSR count). The summed E-state index contributed by atoms with van der Waals surface area (Å²) in [6.07, 6.45) is -2.45. The topological polar surface area (TPSA) is 86.7 Å². The molecule has 1 amide bonds.